The molecular formula is C18H16FNO2. The Labute approximate surface area is 128 Å². The summed E-state index contributed by atoms with van der Waals surface area (Å²) in [5, 5.41) is 11.8. The summed E-state index contributed by atoms with van der Waals surface area (Å²) in [5.74, 6) is -1.15. The third-order valence-electron chi connectivity index (χ3n) is 2.98. The Morgan fingerprint density at radius 1 is 1.18 bits per heavy atom. The molecule has 0 saturated heterocycles. The zero-order valence-corrected chi connectivity index (χ0v) is 11.9. The van der Waals surface area contributed by atoms with Crippen molar-refractivity contribution in [2.24, 2.45) is 0 Å². The van der Waals surface area contributed by atoms with Gasteiger partial charge in [0.1, 0.15) is 5.82 Å². The lowest BCUT2D eigenvalue weighted by atomic mass is 10.1. The van der Waals surface area contributed by atoms with Crippen LogP contribution in [0.15, 0.2) is 66.9 Å². The molecule has 0 aliphatic heterocycles. The van der Waals surface area contributed by atoms with E-state index in [1.54, 1.807) is 54.6 Å². The summed E-state index contributed by atoms with van der Waals surface area (Å²) in [6, 6.07) is 13.5. The van der Waals surface area contributed by atoms with Crippen molar-refractivity contribution in [2.45, 2.75) is 6.42 Å². The number of carboxylic acid groups (broad SMARTS) is 1. The van der Waals surface area contributed by atoms with E-state index >= 15 is 0 Å². The lowest BCUT2D eigenvalue weighted by molar-refractivity contribution is -0.136. The van der Waals surface area contributed by atoms with E-state index in [0.29, 0.717) is 11.3 Å². The van der Waals surface area contributed by atoms with Crippen LogP contribution >= 0.6 is 0 Å². The number of nitrogens with one attached hydrogen (secondary N) is 1. The molecule has 0 bridgehead atoms. The molecular weight excluding hydrogens is 281 g/mol. The first kappa shape index (κ1) is 15.5. The predicted molar refractivity (Wildman–Crippen MR) is 86.0 cm³/mol. The second-order valence-electron chi connectivity index (χ2n) is 4.77. The van der Waals surface area contributed by atoms with Crippen LogP contribution in [0, 0.1) is 5.82 Å². The van der Waals surface area contributed by atoms with Gasteiger partial charge in [0, 0.05) is 16.9 Å². The molecule has 0 aromatic heterocycles. The molecule has 22 heavy (non-hydrogen) atoms. The Balaban J connectivity index is 1.97. The predicted octanol–water partition coefficient (Wildman–Crippen LogP) is 4.09. The maximum Gasteiger partial charge on any atom is 0.307 e. The second-order valence-corrected chi connectivity index (χ2v) is 4.77. The van der Waals surface area contributed by atoms with Crippen LogP contribution in [-0.2, 0) is 11.2 Å². The monoisotopic (exact) mass is 297 g/mol. The number of halogens is 1. The quantitative estimate of drug-likeness (QED) is 0.789. The van der Waals surface area contributed by atoms with Crippen LogP contribution in [0.3, 0.4) is 0 Å². The topological polar surface area (TPSA) is 49.3 Å². The number of benzene rings is 2. The van der Waals surface area contributed by atoms with Crippen LogP contribution in [0.25, 0.3) is 6.08 Å². The van der Waals surface area contributed by atoms with Gasteiger partial charge >= 0.3 is 5.97 Å². The normalized spacial score (nSPS) is 10.6. The summed E-state index contributed by atoms with van der Waals surface area (Å²) in [6.45, 7) is 3.85. The van der Waals surface area contributed by atoms with E-state index in [9.17, 15) is 9.18 Å². The van der Waals surface area contributed by atoms with E-state index in [1.807, 2.05) is 0 Å². The molecule has 2 aromatic carbocycles. The van der Waals surface area contributed by atoms with Crippen molar-refractivity contribution < 1.29 is 14.3 Å². The number of rotatable bonds is 6. The average Bonchev–Trinajstić information content (AvgIpc) is 2.48. The molecule has 3 nitrogen and oxygen atoms in total. The molecule has 0 heterocycles. The van der Waals surface area contributed by atoms with Crippen molar-refractivity contribution >= 4 is 17.7 Å². The first-order valence-corrected chi connectivity index (χ1v) is 6.74. The minimum absolute atomic E-state index is 0.00554. The molecule has 0 spiro atoms. The van der Waals surface area contributed by atoms with Gasteiger partial charge in [0.05, 0.1) is 6.42 Å². The minimum Gasteiger partial charge on any atom is -0.481 e. The van der Waals surface area contributed by atoms with Crippen molar-refractivity contribution in [3.8, 4) is 0 Å². The van der Waals surface area contributed by atoms with Gasteiger partial charge in [0.15, 0.2) is 0 Å². The molecule has 0 radical (unpaired) electrons. The lowest BCUT2D eigenvalue weighted by Gasteiger charge is -2.07. The highest BCUT2D eigenvalue weighted by atomic mass is 19.1. The standard InChI is InChI=1S/C18H16FNO2/c1-13(6-9-15-4-2-3-5-17(15)19)20-16-10-7-14(8-11-16)12-18(21)22/h2-11,20H,1,12H2,(H,21,22)/b9-6+. The zero-order chi connectivity index (χ0) is 15.9. The number of hydrogen-bond acceptors (Lipinski definition) is 2. The fourth-order valence-electron chi connectivity index (χ4n) is 1.91. The molecule has 0 fully saturated rings. The second kappa shape index (κ2) is 7.22. The maximum atomic E-state index is 13.5. The highest BCUT2D eigenvalue weighted by Crippen LogP contribution is 2.14. The van der Waals surface area contributed by atoms with Crippen LogP contribution in [0.1, 0.15) is 11.1 Å². The fourth-order valence-corrected chi connectivity index (χ4v) is 1.91. The van der Waals surface area contributed by atoms with Gasteiger partial charge in [-0.3, -0.25) is 4.79 Å². The molecule has 0 aliphatic rings. The van der Waals surface area contributed by atoms with E-state index in [0.717, 1.165) is 11.3 Å². The molecule has 0 saturated carbocycles. The van der Waals surface area contributed by atoms with Gasteiger partial charge in [-0.05, 0) is 29.8 Å². The Morgan fingerprint density at radius 2 is 1.86 bits per heavy atom. The molecule has 0 aliphatic carbocycles. The molecule has 0 unspecified atom stereocenters. The third kappa shape index (κ3) is 4.59. The lowest BCUT2D eigenvalue weighted by Crippen LogP contribution is -2.00. The zero-order valence-electron chi connectivity index (χ0n) is 11.9. The Morgan fingerprint density at radius 3 is 2.50 bits per heavy atom. The molecule has 4 heteroatoms. The molecule has 2 rings (SSSR count). The number of carboxylic acids is 1. The Kier molecular flexibility index (Phi) is 5.09. The van der Waals surface area contributed by atoms with Gasteiger partial charge in [-0.25, -0.2) is 4.39 Å². The smallest absolute Gasteiger partial charge is 0.307 e. The van der Waals surface area contributed by atoms with Crippen molar-refractivity contribution in [2.75, 3.05) is 5.32 Å². The van der Waals surface area contributed by atoms with Crippen LogP contribution < -0.4 is 5.32 Å². The van der Waals surface area contributed by atoms with Gasteiger partial charge in [0.25, 0.3) is 0 Å². The third-order valence-corrected chi connectivity index (χ3v) is 2.98. The van der Waals surface area contributed by atoms with Crippen LogP contribution in [0.2, 0.25) is 0 Å². The number of carbonyl (C=O) groups is 1. The molecule has 112 valence electrons. The summed E-state index contributed by atoms with van der Waals surface area (Å²) < 4.78 is 13.5. The first-order chi connectivity index (χ1) is 10.5. The van der Waals surface area contributed by atoms with Crippen molar-refractivity contribution in [3.63, 3.8) is 0 Å². The largest absolute Gasteiger partial charge is 0.481 e. The van der Waals surface area contributed by atoms with E-state index in [4.69, 9.17) is 5.11 Å². The first-order valence-electron chi connectivity index (χ1n) is 6.74. The van der Waals surface area contributed by atoms with Crippen LogP contribution in [-0.4, -0.2) is 11.1 Å². The van der Waals surface area contributed by atoms with E-state index in [-0.39, 0.29) is 12.2 Å². The number of hydrogen-bond donors (Lipinski definition) is 2. The van der Waals surface area contributed by atoms with Crippen LogP contribution in [0.5, 0.6) is 0 Å². The van der Waals surface area contributed by atoms with Crippen molar-refractivity contribution in [1.82, 2.24) is 0 Å². The summed E-state index contributed by atoms with van der Waals surface area (Å²) in [6.07, 6.45) is 3.32. The summed E-state index contributed by atoms with van der Waals surface area (Å²) in [4.78, 5) is 10.6. The minimum atomic E-state index is -0.863. The fraction of sp³-hybridized carbons (Fsp3) is 0.0556. The number of anilines is 1. The van der Waals surface area contributed by atoms with Crippen LogP contribution in [0.4, 0.5) is 10.1 Å². The summed E-state index contributed by atoms with van der Waals surface area (Å²) >= 11 is 0. The highest BCUT2D eigenvalue weighted by Gasteiger charge is 2.00. The molecule has 0 atom stereocenters. The summed E-state index contributed by atoms with van der Waals surface area (Å²) in [7, 11) is 0. The summed E-state index contributed by atoms with van der Waals surface area (Å²) in [5.41, 5.74) is 2.61. The number of allylic oxidation sites excluding steroid dienone is 1. The SMILES string of the molecule is C=C(/C=C/c1ccccc1F)Nc1ccc(CC(=O)O)cc1. The molecule has 2 aromatic rings. The Bertz CT molecular complexity index is 705. The van der Waals surface area contributed by atoms with Gasteiger partial charge < -0.3 is 10.4 Å². The van der Waals surface area contributed by atoms with E-state index < -0.39 is 5.97 Å². The van der Waals surface area contributed by atoms with Gasteiger partial charge in [-0.15, -0.1) is 0 Å². The average molecular weight is 297 g/mol. The number of aliphatic carboxylic acids is 1. The highest BCUT2D eigenvalue weighted by molar-refractivity contribution is 5.70. The van der Waals surface area contributed by atoms with E-state index in [2.05, 4.69) is 11.9 Å². The van der Waals surface area contributed by atoms with Crippen molar-refractivity contribution in [3.05, 3.63) is 83.8 Å². The molecule has 0 amide bonds. The van der Waals surface area contributed by atoms with E-state index in [1.165, 1.54) is 6.07 Å². The van der Waals surface area contributed by atoms with Gasteiger partial charge in [-0.2, -0.15) is 0 Å². The Hall–Kier alpha value is -2.88. The van der Waals surface area contributed by atoms with Gasteiger partial charge in [-0.1, -0.05) is 43.0 Å². The van der Waals surface area contributed by atoms with Gasteiger partial charge in [0.2, 0.25) is 0 Å². The molecule has 2 N–H and O–H groups in total. The maximum absolute atomic E-state index is 13.5. The van der Waals surface area contributed by atoms with Crippen molar-refractivity contribution in [1.29, 1.82) is 0 Å².